The van der Waals surface area contributed by atoms with E-state index in [-0.39, 0.29) is 23.3 Å². The van der Waals surface area contributed by atoms with Gasteiger partial charge < -0.3 is 19.1 Å². The largest absolute Gasteiger partial charge is 0.493 e. The molecule has 0 amide bonds. The van der Waals surface area contributed by atoms with E-state index in [4.69, 9.17) is 14.2 Å². The SMILES string of the molecule is COc1ccc([C@@H](C[N+](=O)[O-])[C@H]2CCCC=C2[NH+]2CCOCC2)cc1OC. The number of ether oxygens (including phenoxy) is 3. The molecular weight excluding hydrogens is 348 g/mol. The first-order chi connectivity index (χ1) is 13.1. The molecule has 0 aromatic heterocycles. The third-order valence-electron chi connectivity index (χ3n) is 5.65. The van der Waals surface area contributed by atoms with Crippen molar-refractivity contribution in [3.8, 4) is 11.5 Å². The quantitative estimate of drug-likeness (QED) is 0.578. The molecule has 0 saturated carbocycles. The summed E-state index contributed by atoms with van der Waals surface area (Å²) < 4.78 is 16.3. The van der Waals surface area contributed by atoms with Crippen LogP contribution in [0, 0.1) is 16.0 Å². The Morgan fingerprint density at radius 1 is 1.26 bits per heavy atom. The molecule has 2 atom stereocenters. The fourth-order valence-electron chi connectivity index (χ4n) is 4.34. The van der Waals surface area contributed by atoms with Crippen molar-refractivity contribution in [2.45, 2.75) is 25.2 Å². The van der Waals surface area contributed by atoms with Gasteiger partial charge in [-0.1, -0.05) is 6.07 Å². The summed E-state index contributed by atoms with van der Waals surface area (Å²) in [5, 5.41) is 11.5. The maximum absolute atomic E-state index is 11.5. The summed E-state index contributed by atoms with van der Waals surface area (Å²) in [5.74, 6) is 1.24. The maximum Gasteiger partial charge on any atom is 0.211 e. The molecule has 0 radical (unpaired) electrons. The lowest BCUT2D eigenvalue weighted by molar-refractivity contribution is -0.874. The highest BCUT2D eigenvalue weighted by molar-refractivity contribution is 5.44. The zero-order valence-electron chi connectivity index (χ0n) is 16.1. The average molecular weight is 377 g/mol. The number of allylic oxidation sites excluding steroid dienone is 2. The van der Waals surface area contributed by atoms with Crippen molar-refractivity contribution in [1.82, 2.24) is 0 Å². The van der Waals surface area contributed by atoms with E-state index in [2.05, 4.69) is 6.08 Å². The van der Waals surface area contributed by atoms with Crippen LogP contribution in [0.2, 0.25) is 0 Å². The Bertz CT molecular complexity index is 685. The molecule has 1 fully saturated rings. The van der Waals surface area contributed by atoms with Crippen LogP contribution in [0.5, 0.6) is 11.5 Å². The standard InChI is InChI=1S/C20H28N2O5/c1-25-19-8-7-15(13-20(19)26-2)17(14-22(23)24)16-5-3-4-6-18(16)21-9-11-27-12-10-21/h6-8,13,16-17H,3-5,9-12,14H2,1-2H3/p+1/t16-,17-/m1/s1. The van der Waals surface area contributed by atoms with Gasteiger partial charge in [0.05, 0.1) is 33.4 Å². The van der Waals surface area contributed by atoms with Gasteiger partial charge in [0.1, 0.15) is 18.8 Å². The minimum absolute atomic E-state index is 0.0821. The molecule has 7 heteroatoms. The number of quaternary nitrogens is 1. The summed E-state index contributed by atoms with van der Waals surface area (Å²) in [7, 11) is 3.18. The molecule has 148 valence electrons. The Hall–Kier alpha value is -2.12. The molecule has 0 bridgehead atoms. The summed E-state index contributed by atoms with van der Waals surface area (Å²) in [4.78, 5) is 12.7. The van der Waals surface area contributed by atoms with Crippen LogP contribution in [0.15, 0.2) is 30.0 Å². The maximum atomic E-state index is 11.5. The van der Waals surface area contributed by atoms with E-state index in [1.165, 1.54) is 10.6 Å². The smallest absolute Gasteiger partial charge is 0.211 e. The summed E-state index contributed by atoms with van der Waals surface area (Å²) >= 11 is 0. The molecule has 2 aliphatic rings. The molecule has 1 aliphatic heterocycles. The number of nitro groups is 1. The fourth-order valence-corrected chi connectivity index (χ4v) is 4.34. The molecule has 1 aromatic rings. The van der Waals surface area contributed by atoms with Crippen molar-refractivity contribution in [1.29, 1.82) is 0 Å². The molecule has 0 spiro atoms. The summed E-state index contributed by atoms with van der Waals surface area (Å²) in [6.07, 6.45) is 5.40. The van der Waals surface area contributed by atoms with Crippen LogP contribution in [0.25, 0.3) is 0 Å². The molecule has 7 nitrogen and oxygen atoms in total. The molecule has 1 heterocycles. The first kappa shape index (κ1) is 19.6. The number of hydrogen-bond donors (Lipinski definition) is 1. The Labute approximate surface area is 160 Å². The number of hydrogen-bond acceptors (Lipinski definition) is 5. The summed E-state index contributed by atoms with van der Waals surface area (Å²) in [6.45, 7) is 3.27. The van der Waals surface area contributed by atoms with Crippen LogP contribution in [0.1, 0.15) is 30.7 Å². The molecule has 1 aromatic carbocycles. The number of rotatable bonds is 7. The second kappa shape index (κ2) is 9.19. The first-order valence-electron chi connectivity index (χ1n) is 9.60. The highest BCUT2D eigenvalue weighted by Gasteiger charge is 2.37. The van der Waals surface area contributed by atoms with E-state index in [9.17, 15) is 10.1 Å². The van der Waals surface area contributed by atoms with Gasteiger partial charge in [-0.05, 0) is 43.0 Å². The van der Waals surface area contributed by atoms with Crippen LogP contribution < -0.4 is 14.4 Å². The van der Waals surface area contributed by atoms with Crippen molar-refractivity contribution in [3.05, 3.63) is 45.6 Å². The lowest BCUT2D eigenvalue weighted by atomic mass is 9.77. The minimum Gasteiger partial charge on any atom is -0.493 e. The highest BCUT2D eigenvalue weighted by atomic mass is 16.6. The predicted molar refractivity (Wildman–Crippen MR) is 101 cm³/mol. The van der Waals surface area contributed by atoms with Crippen molar-refractivity contribution >= 4 is 0 Å². The normalized spacial score (nSPS) is 22.0. The van der Waals surface area contributed by atoms with Gasteiger partial charge in [-0.2, -0.15) is 0 Å². The van der Waals surface area contributed by atoms with Gasteiger partial charge in [-0.25, -0.2) is 0 Å². The van der Waals surface area contributed by atoms with Crippen LogP contribution in [-0.2, 0) is 4.74 Å². The summed E-state index contributed by atoms with van der Waals surface area (Å²) in [6, 6.07) is 5.68. The first-order valence-corrected chi connectivity index (χ1v) is 9.60. The van der Waals surface area contributed by atoms with Crippen LogP contribution in [-0.4, -0.2) is 52.0 Å². The number of benzene rings is 1. The molecule has 1 saturated heterocycles. The molecule has 0 unspecified atom stereocenters. The Morgan fingerprint density at radius 2 is 2.00 bits per heavy atom. The van der Waals surface area contributed by atoms with Crippen LogP contribution in [0.4, 0.5) is 0 Å². The van der Waals surface area contributed by atoms with E-state index in [0.29, 0.717) is 11.5 Å². The predicted octanol–water partition coefficient (Wildman–Crippen LogP) is 1.66. The third kappa shape index (κ3) is 4.59. The van der Waals surface area contributed by atoms with Gasteiger partial charge in [0.25, 0.3) is 0 Å². The van der Waals surface area contributed by atoms with Gasteiger partial charge >= 0.3 is 0 Å². The second-order valence-electron chi connectivity index (χ2n) is 7.15. The van der Waals surface area contributed by atoms with E-state index in [1.807, 2.05) is 18.2 Å². The number of nitrogens with one attached hydrogen (secondary N) is 1. The number of morpholine rings is 1. The van der Waals surface area contributed by atoms with E-state index < -0.39 is 0 Å². The topological polar surface area (TPSA) is 75.3 Å². The fraction of sp³-hybridized carbons (Fsp3) is 0.600. The minimum atomic E-state index is -0.192. The second-order valence-corrected chi connectivity index (χ2v) is 7.15. The van der Waals surface area contributed by atoms with Crippen molar-refractivity contribution in [3.63, 3.8) is 0 Å². The van der Waals surface area contributed by atoms with E-state index in [0.717, 1.165) is 51.1 Å². The molecule has 1 aliphatic carbocycles. The van der Waals surface area contributed by atoms with Crippen molar-refractivity contribution < 1.29 is 24.0 Å². The lowest BCUT2D eigenvalue weighted by Gasteiger charge is -2.35. The molecular formula is C20H29N2O5+. The van der Waals surface area contributed by atoms with Crippen LogP contribution in [0.3, 0.4) is 0 Å². The average Bonchev–Trinajstić information content (AvgIpc) is 2.72. The zero-order valence-corrected chi connectivity index (χ0v) is 16.1. The summed E-state index contributed by atoms with van der Waals surface area (Å²) in [5.41, 5.74) is 2.26. The Kier molecular flexibility index (Phi) is 6.68. The van der Waals surface area contributed by atoms with Crippen LogP contribution >= 0.6 is 0 Å². The third-order valence-corrected chi connectivity index (χ3v) is 5.65. The Morgan fingerprint density at radius 3 is 2.67 bits per heavy atom. The van der Waals surface area contributed by atoms with Gasteiger partial charge in [0.15, 0.2) is 11.5 Å². The van der Waals surface area contributed by atoms with E-state index >= 15 is 0 Å². The van der Waals surface area contributed by atoms with Gasteiger partial charge in [-0.3, -0.25) is 10.1 Å². The molecule has 27 heavy (non-hydrogen) atoms. The van der Waals surface area contributed by atoms with Gasteiger partial charge in [-0.15, -0.1) is 0 Å². The van der Waals surface area contributed by atoms with Gasteiger partial charge in [0.2, 0.25) is 6.54 Å². The van der Waals surface area contributed by atoms with Gasteiger partial charge in [0, 0.05) is 10.8 Å². The lowest BCUT2D eigenvalue weighted by Crippen LogP contribution is -3.13. The molecule has 3 rings (SSSR count). The Balaban J connectivity index is 1.94. The zero-order chi connectivity index (χ0) is 19.2. The number of nitrogens with zero attached hydrogens (tertiary/aromatic N) is 1. The van der Waals surface area contributed by atoms with Crippen molar-refractivity contribution in [2.24, 2.45) is 5.92 Å². The number of methoxy groups -OCH3 is 2. The monoisotopic (exact) mass is 377 g/mol. The van der Waals surface area contributed by atoms with Crippen molar-refractivity contribution in [2.75, 3.05) is 47.1 Å². The van der Waals surface area contributed by atoms with E-state index in [1.54, 1.807) is 14.2 Å². The highest BCUT2D eigenvalue weighted by Crippen LogP contribution is 2.38. The molecule has 1 N–H and O–H groups in total.